The fraction of sp³-hybridized carbons (Fsp3) is 0.421. The Labute approximate surface area is 152 Å². The Morgan fingerprint density at radius 2 is 2.08 bits per heavy atom. The molecule has 1 aliphatic rings. The zero-order valence-corrected chi connectivity index (χ0v) is 14.8. The number of nitrogens with zero attached hydrogens (tertiary/aromatic N) is 2. The minimum Gasteiger partial charge on any atom is -0.467 e. The van der Waals surface area contributed by atoms with Gasteiger partial charge in [0.2, 0.25) is 5.91 Å². The van der Waals surface area contributed by atoms with Gasteiger partial charge in [0.25, 0.3) is 5.91 Å². The number of carbonyl (C=O) groups excluding carboxylic acids is 2. The van der Waals surface area contributed by atoms with Crippen LogP contribution in [0, 0.1) is 5.92 Å². The first-order valence-electron chi connectivity index (χ1n) is 8.71. The van der Waals surface area contributed by atoms with Crippen LogP contribution in [-0.2, 0) is 22.7 Å². The molecule has 1 N–H and O–H groups in total. The van der Waals surface area contributed by atoms with Gasteiger partial charge in [-0.25, -0.2) is 4.98 Å². The van der Waals surface area contributed by atoms with Crippen molar-refractivity contribution in [1.29, 1.82) is 0 Å². The van der Waals surface area contributed by atoms with Gasteiger partial charge in [-0.1, -0.05) is 6.07 Å². The summed E-state index contributed by atoms with van der Waals surface area (Å²) in [5, 5.41) is 2.89. The van der Waals surface area contributed by atoms with Crippen LogP contribution in [0.2, 0.25) is 0 Å². The second-order valence-corrected chi connectivity index (χ2v) is 6.31. The molecule has 138 valence electrons. The first kappa shape index (κ1) is 18.1. The fourth-order valence-corrected chi connectivity index (χ4v) is 3.07. The minimum absolute atomic E-state index is 0.00807. The molecule has 0 bridgehead atoms. The average molecular weight is 357 g/mol. The number of ether oxygens (including phenoxy) is 1. The van der Waals surface area contributed by atoms with E-state index in [1.807, 2.05) is 18.2 Å². The topological polar surface area (TPSA) is 84.7 Å². The predicted molar refractivity (Wildman–Crippen MR) is 94.1 cm³/mol. The van der Waals surface area contributed by atoms with Crippen molar-refractivity contribution in [2.24, 2.45) is 5.92 Å². The molecule has 0 spiro atoms. The molecule has 0 unspecified atom stereocenters. The molecule has 1 fully saturated rings. The van der Waals surface area contributed by atoms with Gasteiger partial charge in [0, 0.05) is 26.1 Å². The Kier molecular flexibility index (Phi) is 6.01. The summed E-state index contributed by atoms with van der Waals surface area (Å²) in [6, 6.07) is 8.97. The van der Waals surface area contributed by atoms with Gasteiger partial charge in [-0.2, -0.15) is 0 Å². The lowest BCUT2D eigenvalue weighted by Crippen LogP contribution is -2.43. The molecular weight excluding hydrogens is 334 g/mol. The summed E-state index contributed by atoms with van der Waals surface area (Å²) < 4.78 is 10.3. The van der Waals surface area contributed by atoms with E-state index in [2.05, 4.69) is 10.3 Å². The van der Waals surface area contributed by atoms with Crippen LogP contribution in [0.5, 0.6) is 0 Å². The van der Waals surface area contributed by atoms with E-state index < -0.39 is 0 Å². The van der Waals surface area contributed by atoms with E-state index in [9.17, 15) is 9.59 Å². The molecule has 1 aliphatic heterocycles. The molecule has 0 radical (unpaired) electrons. The zero-order chi connectivity index (χ0) is 18.4. The third kappa shape index (κ3) is 4.49. The number of piperidine rings is 1. The number of hydrogen-bond acceptors (Lipinski definition) is 5. The van der Waals surface area contributed by atoms with Crippen molar-refractivity contribution in [1.82, 2.24) is 15.2 Å². The minimum atomic E-state index is -0.0996. The van der Waals surface area contributed by atoms with Crippen molar-refractivity contribution in [2.75, 3.05) is 20.2 Å². The second-order valence-electron chi connectivity index (χ2n) is 6.31. The van der Waals surface area contributed by atoms with Gasteiger partial charge in [0.1, 0.15) is 11.5 Å². The molecule has 7 heteroatoms. The molecule has 7 nitrogen and oxygen atoms in total. The lowest BCUT2D eigenvalue weighted by atomic mass is 9.95. The number of likely N-dealkylation sites (tertiary alicyclic amines) is 1. The summed E-state index contributed by atoms with van der Waals surface area (Å²) in [4.78, 5) is 31.0. The van der Waals surface area contributed by atoms with E-state index in [4.69, 9.17) is 9.15 Å². The van der Waals surface area contributed by atoms with Crippen molar-refractivity contribution < 1.29 is 18.7 Å². The highest BCUT2D eigenvalue weighted by molar-refractivity contribution is 5.92. The van der Waals surface area contributed by atoms with E-state index in [-0.39, 0.29) is 17.7 Å². The molecule has 0 atom stereocenters. The monoisotopic (exact) mass is 357 g/mol. The number of nitrogens with one attached hydrogen (secondary N) is 1. The van der Waals surface area contributed by atoms with Crippen molar-refractivity contribution in [3.05, 3.63) is 53.7 Å². The molecule has 0 aliphatic carbocycles. The van der Waals surface area contributed by atoms with Crippen molar-refractivity contribution in [3.8, 4) is 0 Å². The Hall–Kier alpha value is -2.67. The predicted octanol–water partition coefficient (Wildman–Crippen LogP) is 1.99. The summed E-state index contributed by atoms with van der Waals surface area (Å²) >= 11 is 0. The summed E-state index contributed by atoms with van der Waals surface area (Å²) in [7, 11) is 1.60. The zero-order valence-electron chi connectivity index (χ0n) is 14.8. The van der Waals surface area contributed by atoms with Gasteiger partial charge < -0.3 is 19.4 Å². The highest BCUT2D eigenvalue weighted by Crippen LogP contribution is 2.19. The van der Waals surface area contributed by atoms with Crippen LogP contribution in [0.3, 0.4) is 0 Å². The largest absolute Gasteiger partial charge is 0.467 e. The Morgan fingerprint density at radius 1 is 1.27 bits per heavy atom. The van der Waals surface area contributed by atoms with Crippen LogP contribution in [0.15, 0.2) is 41.0 Å². The fourth-order valence-electron chi connectivity index (χ4n) is 3.07. The second kappa shape index (κ2) is 8.62. The molecule has 3 heterocycles. The highest BCUT2D eigenvalue weighted by Gasteiger charge is 2.28. The van der Waals surface area contributed by atoms with Crippen LogP contribution in [0.1, 0.15) is 34.8 Å². The Bertz CT molecular complexity index is 737. The third-order valence-corrected chi connectivity index (χ3v) is 4.49. The number of pyridine rings is 1. The van der Waals surface area contributed by atoms with Gasteiger partial charge in [-0.3, -0.25) is 9.59 Å². The number of rotatable bonds is 6. The quantitative estimate of drug-likeness (QED) is 0.855. The van der Waals surface area contributed by atoms with Gasteiger partial charge in [0.15, 0.2) is 0 Å². The van der Waals surface area contributed by atoms with Crippen LogP contribution >= 0.6 is 0 Å². The molecule has 0 aromatic carbocycles. The maximum Gasteiger partial charge on any atom is 0.272 e. The summed E-state index contributed by atoms with van der Waals surface area (Å²) in [5.41, 5.74) is 1.14. The number of aromatic nitrogens is 1. The molecule has 2 amide bonds. The van der Waals surface area contributed by atoms with E-state index in [0.717, 1.165) is 11.5 Å². The van der Waals surface area contributed by atoms with Crippen LogP contribution in [0.4, 0.5) is 0 Å². The summed E-state index contributed by atoms with van der Waals surface area (Å²) in [6.07, 6.45) is 2.88. The molecule has 0 saturated carbocycles. The number of carbonyl (C=O) groups is 2. The number of amides is 2. The standard InChI is InChI=1S/C19H23N3O4/c1-25-13-15-4-2-6-17(21-15)19(24)22-9-7-14(8-10-22)18(23)20-12-16-5-3-11-26-16/h2-6,11,14H,7-10,12-13H2,1H3,(H,20,23). The normalized spacial score (nSPS) is 15.0. The number of furan rings is 1. The van der Waals surface area contributed by atoms with Crippen LogP contribution in [0.25, 0.3) is 0 Å². The summed E-state index contributed by atoms with van der Waals surface area (Å²) in [6.45, 7) is 1.86. The van der Waals surface area contributed by atoms with Crippen molar-refractivity contribution >= 4 is 11.8 Å². The number of methoxy groups -OCH3 is 1. The molecule has 26 heavy (non-hydrogen) atoms. The molecular formula is C19H23N3O4. The van der Waals surface area contributed by atoms with Crippen LogP contribution < -0.4 is 5.32 Å². The van der Waals surface area contributed by atoms with E-state index in [1.54, 1.807) is 30.4 Å². The van der Waals surface area contributed by atoms with Gasteiger partial charge in [-0.15, -0.1) is 0 Å². The first-order chi connectivity index (χ1) is 12.7. The Balaban J connectivity index is 1.50. The smallest absolute Gasteiger partial charge is 0.272 e. The van der Waals surface area contributed by atoms with Gasteiger partial charge in [-0.05, 0) is 37.1 Å². The maximum atomic E-state index is 12.6. The van der Waals surface area contributed by atoms with Gasteiger partial charge in [0.05, 0.1) is 25.1 Å². The first-order valence-corrected chi connectivity index (χ1v) is 8.71. The highest BCUT2D eigenvalue weighted by atomic mass is 16.5. The number of hydrogen-bond donors (Lipinski definition) is 1. The van der Waals surface area contributed by atoms with E-state index in [0.29, 0.717) is 44.8 Å². The summed E-state index contributed by atoms with van der Waals surface area (Å²) in [5.74, 6) is 0.556. The van der Waals surface area contributed by atoms with Crippen molar-refractivity contribution in [3.63, 3.8) is 0 Å². The third-order valence-electron chi connectivity index (χ3n) is 4.49. The average Bonchev–Trinajstić information content (AvgIpc) is 3.20. The van der Waals surface area contributed by atoms with Gasteiger partial charge >= 0.3 is 0 Å². The van der Waals surface area contributed by atoms with Crippen molar-refractivity contribution in [2.45, 2.75) is 26.0 Å². The van der Waals surface area contributed by atoms with Crippen LogP contribution in [-0.4, -0.2) is 41.9 Å². The van der Waals surface area contributed by atoms with E-state index >= 15 is 0 Å². The Morgan fingerprint density at radius 3 is 2.77 bits per heavy atom. The lowest BCUT2D eigenvalue weighted by Gasteiger charge is -2.31. The molecule has 1 saturated heterocycles. The molecule has 3 rings (SSSR count). The molecule has 2 aromatic heterocycles. The molecule has 2 aromatic rings. The SMILES string of the molecule is COCc1cccc(C(=O)N2CCC(C(=O)NCc3ccco3)CC2)n1. The maximum absolute atomic E-state index is 12.6. The lowest BCUT2D eigenvalue weighted by molar-refractivity contribution is -0.126. The van der Waals surface area contributed by atoms with E-state index in [1.165, 1.54) is 0 Å².